The first-order valence-corrected chi connectivity index (χ1v) is 10.5. The fraction of sp³-hybridized carbons (Fsp3) is 0.269. The van der Waals surface area contributed by atoms with E-state index in [0.717, 1.165) is 17.7 Å². The summed E-state index contributed by atoms with van der Waals surface area (Å²) in [5.41, 5.74) is 4.69. The number of amides is 1. The molecule has 0 saturated carbocycles. The van der Waals surface area contributed by atoms with E-state index in [0.29, 0.717) is 31.0 Å². The van der Waals surface area contributed by atoms with Crippen LogP contribution in [0.2, 0.25) is 0 Å². The van der Waals surface area contributed by atoms with E-state index in [4.69, 9.17) is 9.47 Å². The summed E-state index contributed by atoms with van der Waals surface area (Å²) in [6.07, 6.45) is 0.698. The van der Waals surface area contributed by atoms with Crippen LogP contribution in [0.4, 0.5) is 0 Å². The van der Waals surface area contributed by atoms with Crippen LogP contribution in [0, 0.1) is 0 Å². The topological polar surface area (TPSA) is 50.8 Å². The van der Waals surface area contributed by atoms with Gasteiger partial charge in [-0.3, -0.25) is 9.69 Å². The summed E-state index contributed by atoms with van der Waals surface area (Å²) in [5.74, 6) is 1.45. The maximum atomic E-state index is 13.2. The van der Waals surface area contributed by atoms with Crippen molar-refractivity contribution in [2.24, 2.45) is 0 Å². The van der Waals surface area contributed by atoms with E-state index < -0.39 is 0 Å². The molecule has 0 bridgehead atoms. The van der Waals surface area contributed by atoms with Crippen molar-refractivity contribution in [3.05, 3.63) is 95.1 Å². The van der Waals surface area contributed by atoms with E-state index in [1.165, 1.54) is 11.1 Å². The lowest BCUT2D eigenvalue weighted by molar-refractivity contribution is -0.127. The van der Waals surface area contributed by atoms with Crippen molar-refractivity contribution >= 4 is 5.91 Å². The van der Waals surface area contributed by atoms with Crippen LogP contribution in [0.15, 0.2) is 72.8 Å². The maximum absolute atomic E-state index is 13.2. The number of methoxy groups -OCH3 is 2. The fourth-order valence-electron chi connectivity index (χ4n) is 4.12. The maximum Gasteiger partial charge on any atom is 0.237 e. The molecule has 4 rings (SSSR count). The zero-order chi connectivity index (χ0) is 21.6. The van der Waals surface area contributed by atoms with Crippen LogP contribution in [-0.4, -0.2) is 31.1 Å². The zero-order valence-electron chi connectivity index (χ0n) is 18.0. The van der Waals surface area contributed by atoms with E-state index in [2.05, 4.69) is 28.4 Å². The van der Waals surface area contributed by atoms with Gasteiger partial charge in [0, 0.05) is 19.6 Å². The Kier molecular flexibility index (Phi) is 6.53. The highest BCUT2D eigenvalue weighted by Crippen LogP contribution is 2.30. The van der Waals surface area contributed by atoms with E-state index in [1.54, 1.807) is 14.2 Å². The second-order valence-electron chi connectivity index (χ2n) is 7.79. The summed E-state index contributed by atoms with van der Waals surface area (Å²) in [7, 11) is 3.27. The number of carbonyl (C=O) groups is 1. The van der Waals surface area contributed by atoms with Crippen LogP contribution >= 0.6 is 0 Å². The molecule has 1 atom stereocenters. The highest BCUT2D eigenvalue weighted by Gasteiger charge is 2.31. The van der Waals surface area contributed by atoms with Gasteiger partial charge in [-0.2, -0.15) is 0 Å². The SMILES string of the molecule is COc1ccc(CN2Cc3ccccc3CC2C(=O)NCc2ccccc2)cc1OC. The first kappa shape index (κ1) is 20.9. The molecule has 1 amide bonds. The highest BCUT2D eigenvalue weighted by atomic mass is 16.5. The molecule has 1 N–H and O–H groups in total. The lowest BCUT2D eigenvalue weighted by atomic mass is 9.93. The Hall–Kier alpha value is -3.31. The quantitative estimate of drug-likeness (QED) is 0.634. The molecule has 1 heterocycles. The average molecular weight is 417 g/mol. The molecule has 1 unspecified atom stereocenters. The van der Waals surface area contributed by atoms with Crippen molar-refractivity contribution in [3.8, 4) is 11.5 Å². The molecule has 3 aromatic carbocycles. The van der Waals surface area contributed by atoms with Crippen molar-refractivity contribution in [1.29, 1.82) is 0 Å². The number of ether oxygens (including phenoxy) is 2. The molecule has 0 radical (unpaired) electrons. The minimum Gasteiger partial charge on any atom is -0.493 e. The van der Waals surface area contributed by atoms with Crippen molar-refractivity contribution in [3.63, 3.8) is 0 Å². The van der Waals surface area contributed by atoms with Gasteiger partial charge in [-0.05, 0) is 40.8 Å². The summed E-state index contributed by atoms with van der Waals surface area (Å²) in [6, 6.07) is 24.1. The zero-order valence-corrected chi connectivity index (χ0v) is 18.0. The predicted molar refractivity (Wildman–Crippen MR) is 121 cm³/mol. The molecule has 5 heteroatoms. The summed E-state index contributed by atoms with van der Waals surface area (Å²) in [6.45, 7) is 1.91. The molecule has 3 aromatic rings. The van der Waals surface area contributed by atoms with Gasteiger partial charge in [0.1, 0.15) is 0 Å². The number of fused-ring (bicyclic) bond motifs is 1. The molecule has 0 fully saturated rings. The van der Waals surface area contributed by atoms with Crippen LogP contribution in [0.25, 0.3) is 0 Å². The Morgan fingerprint density at radius 3 is 2.35 bits per heavy atom. The van der Waals surface area contributed by atoms with Crippen LogP contribution in [-0.2, 0) is 30.8 Å². The van der Waals surface area contributed by atoms with Gasteiger partial charge >= 0.3 is 0 Å². The van der Waals surface area contributed by atoms with Gasteiger partial charge in [0.05, 0.1) is 20.3 Å². The first-order chi connectivity index (χ1) is 15.2. The average Bonchev–Trinajstić information content (AvgIpc) is 2.82. The Balaban J connectivity index is 1.55. The van der Waals surface area contributed by atoms with Crippen LogP contribution in [0.5, 0.6) is 11.5 Å². The lowest BCUT2D eigenvalue weighted by Gasteiger charge is -2.36. The minimum absolute atomic E-state index is 0.0545. The molecule has 1 aliphatic rings. The molecular weight excluding hydrogens is 388 g/mol. The minimum atomic E-state index is -0.230. The predicted octanol–water partition coefficient (Wildman–Crippen LogP) is 3.95. The highest BCUT2D eigenvalue weighted by molar-refractivity contribution is 5.82. The fourth-order valence-corrected chi connectivity index (χ4v) is 4.12. The summed E-state index contributed by atoms with van der Waals surface area (Å²) < 4.78 is 10.8. The van der Waals surface area contributed by atoms with E-state index in [9.17, 15) is 4.79 Å². The van der Waals surface area contributed by atoms with Crippen LogP contribution < -0.4 is 14.8 Å². The number of hydrogen-bond donors (Lipinski definition) is 1. The first-order valence-electron chi connectivity index (χ1n) is 10.5. The Morgan fingerprint density at radius 2 is 1.61 bits per heavy atom. The molecule has 5 nitrogen and oxygen atoms in total. The Morgan fingerprint density at radius 1 is 0.903 bits per heavy atom. The second kappa shape index (κ2) is 9.67. The molecular formula is C26H28N2O3. The molecule has 0 aliphatic carbocycles. The van der Waals surface area contributed by atoms with E-state index in [1.807, 2.05) is 54.6 Å². The van der Waals surface area contributed by atoms with Gasteiger partial charge in [-0.1, -0.05) is 60.7 Å². The summed E-state index contributed by atoms with van der Waals surface area (Å²) in [4.78, 5) is 15.4. The smallest absolute Gasteiger partial charge is 0.237 e. The third kappa shape index (κ3) is 4.89. The number of nitrogens with zero attached hydrogens (tertiary/aromatic N) is 1. The van der Waals surface area contributed by atoms with Gasteiger partial charge in [-0.15, -0.1) is 0 Å². The summed E-state index contributed by atoms with van der Waals surface area (Å²) in [5, 5.41) is 3.13. The van der Waals surface area contributed by atoms with Crippen molar-refractivity contribution in [2.75, 3.05) is 14.2 Å². The van der Waals surface area contributed by atoms with Gasteiger partial charge in [-0.25, -0.2) is 0 Å². The lowest BCUT2D eigenvalue weighted by Crippen LogP contribution is -2.49. The second-order valence-corrected chi connectivity index (χ2v) is 7.79. The van der Waals surface area contributed by atoms with Gasteiger partial charge in [0.15, 0.2) is 11.5 Å². The third-order valence-corrected chi connectivity index (χ3v) is 5.79. The van der Waals surface area contributed by atoms with Crippen LogP contribution in [0.1, 0.15) is 22.3 Å². The molecule has 1 aliphatic heterocycles. The Labute approximate surface area is 183 Å². The number of nitrogens with one attached hydrogen (secondary N) is 1. The Bertz CT molecular complexity index is 1040. The van der Waals surface area contributed by atoms with Crippen molar-refractivity contribution in [2.45, 2.75) is 32.1 Å². The van der Waals surface area contributed by atoms with Crippen molar-refractivity contribution < 1.29 is 14.3 Å². The molecule has 160 valence electrons. The number of rotatable bonds is 7. The number of carbonyl (C=O) groups excluding carboxylic acids is 1. The van der Waals surface area contributed by atoms with Gasteiger partial charge in [0.25, 0.3) is 0 Å². The van der Waals surface area contributed by atoms with E-state index >= 15 is 0 Å². The molecule has 0 saturated heterocycles. The van der Waals surface area contributed by atoms with Gasteiger partial charge in [0.2, 0.25) is 5.91 Å². The van der Waals surface area contributed by atoms with E-state index in [-0.39, 0.29) is 11.9 Å². The van der Waals surface area contributed by atoms with Gasteiger partial charge < -0.3 is 14.8 Å². The summed E-state index contributed by atoms with van der Waals surface area (Å²) >= 11 is 0. The van der Waals surface area contributed by atoms with Crippen molar-refractivity contribution in [1.82, 2.24) is 10.2 Å². The monoisotopic (exact) mass is 416 g/mol. The number of benzene rings is 3. The molecule has 31 heavy (non-hydrogen) atoms. The normalized spacial score (nSPS) is 15.7. The molecule has 0 spiro atoms. The largest absolute Gasteiger partial charge is 0.493 e. The number of hydrogen-bond acceptors (Lipinski definition) is 4. The molecule has 0 aromatic heterocycles. The third-order valence-electron chi connectivity index (χ3n) is 5.79. The van der Waals surface area contributed by atoms with Crippen LogP contribution in [0.3, 0.4) is 0 Å². The standard InChI is InChI=1S/C26H28N2O3/c1-30-24-13-12-20(14-25(24)31-2)17-28-18-22-11-7-6-10-21(22)15-23(28)26(29)27-16-19-8-4-3-5-9-19/h3-14,23H,15-18H2,1-2H3,(H,27,29).